The quantitative estimate of drug-likeness (QED) is 0.296. The summed E-state index contributed by atoms with van der Waals surface area (Å²) in [6.45, 7) is 5.98. The molecule has 1 amide bonds. The van der Waals surface area contributed by atoms with Crippen LogP contribution in [0.5, 0.6) is 0 Å². The maximum absolute atomic E-state index is 10.9. The highest BCUT2D eigenvalue weighted by Gasteiger charge is 2.06. The van der Waals surface area contributed by atoms with Gasteiger partial charge in [0.1, 0.15) is 12.2 Å². The van der Waals surface area contributed by atoms with E-state index in [0.29, 0.717) is 5.57 Å². The third-order valence-electron chi connectivity index (χ3n) is 1.25. The molecule has 0 aromatic rings. The molecule has 1 N–H and O–H groups in total. The molecule has 5 nitrogen and oxygen atoms in total. The summed E-state index contributed by atoms with van der Waals surface area (Å²) in [6, 6.07) is 0. The first-order chi connectivity index (χ1) is 6.43. The first-order valence-corrected chi connectivity index (χ1v) is 4.02. The van der Waals surface area contributed by atoms with E-state index < -0.39 is 5.97 Å². The molecule has 0 aromatic carbocycles. The molecule has 0 aliphatic rings. The highest BCUT2D eigenvalue weighted by molar-refractivity contribution is 5.94. The molecule has 0 saturated carbocycles. The molecule has 0 radical (unpaired) electrons. The number of ketones is 1. The smallest absolute Gasteiger partial charge is 0.315 e. The van der Waals surface area contributed by atoms with E-state index in [4.69, 9.17) is 0 Å². The molecule has 0 atom stereocenters. The van der Waals surface area contributed by atoms with Gasteiger partial charge in [0, 0.05) is 5.57 Å². The number of carbonyl (C=O) groups is 3. The zero-order chi connectivity index (χ0) is 11.1. The highest BCUT2D eigenvalue weighted by atomic mass is 16.5. The van der Waals surface area contributed by atoms with Crippen LogP contribution in [0.2, 0.25) is 0 Å². The molecule has 0 spiro atoms. The zero-order valence-electron chi connectivity index (χ0n) is 8.25. The molecule has 0 fully saturated rings. The van der Waals surface area contributed by atoms with E-state index in [9.17, 15) is 14.4 Å². The van der Waals surface area contributed by atoms with Crippen molar-refractivity contribution >= 4 is 17.7 Å². The van der Waals surface area contributed by atoms with E-state index in [1.807, 2.05) is 0 Å². The Morgan fingerprint density at radius 1 is 1.29 bits per heavy atom. The molecule has 0 aliphatic carbocycles. The van der Waals surface area contributed by atoms with Gasteiger partial charge >= 0.3 is 5.97 Å². The lowest BCUT2D eigenvalue weighted by atomic mass is 10.3. The first-order valence-electron chi connectivity index (χ1n) is 4.02. The number of nitrogens with one attached hydrogen (secondary N) is 1. The Morgan fingerprint density at radius 2 is 1.86 bits per heavy atom. The van der Waals surface area contributed by atoms with E-state index in [2.05, 4.69) is 16.6 Å². The number of carbonyl (C=O) groups excluding carboxylic acids is 3. The lowest BCUT2D eigenvalue weighted by Crippen LogP contribution is -2.28. The van der Waals surface area contributed by atoms with Crippen molar-refractivity contribution in [3.63, 3.8) is 0 Å². The van der Waals surface area contributed by atoms with E-state index in [-0.39, 0.29) is 24.8 Å². The van der Waals surface area contributed by atoms with Crippen molar-refractivity contribution in [2.24, 2.45) is 0 Å². The van der Waals surface area contributed by atoms with Gasteiger partial charge in [-0.25, -0.2) is 0 Å². The van der Waals surface area contributed by atoms with Crippen molar-refractivity contribution < 1.29 is 19.1 Å². The van der Waals surface area contributed by atoms with Crippen LogP contribution in [0.1, 0.15) is 20.3 Å². The van der Waals surface area contributed by atoms with Crippen LogP contribution in [-0.2, 0) is 19.1 Å². The van der Waals surface area contributed by atoms with Gasteiger partial charge in [-0.3, -0.25) is 14.4 Å². The average Bonchev–Trinajstić information content (AvgIpc) is 2.02. The molecule has 0 aromatic heterocycles. The first kappa shape index (κ1) is 12.3. The molecular formula is C9H13NO4. The summed E-state index contributed by atoms with van der Waals surface area (Å²) in [5.41, 5.74) is 0.326. The van der Waals surface area contributed by atoms with Gasteiger partial charge in [-0.1, -0.05) is 6.58 Å². The third-order valence-corrected chi connectivity index (χ3v) is 1.25. The van der Waals surface area contributed by atoms with Gasteiger partial charge in [0.25, 0.3) is 0 Å². The molecule has 5 heteroatoms. The van der Waals surface area contributed by atoms with Crippen LogP contribution in [0.15, 0.2) is 12.2 Å². The Labute approximate surface area is 82.1 Å². The molecule has 0 bridgehead atoms. The van der Waals surface area contributed by atoms with Crippen LogP contribution in [0, 0.1) is 0 Å². The molecule has 14 heavy (non-hydrogen) atoms. The summed E-state index contributed by atoms with van der Waals surface area (Å²) in [6.07, 6.45) is -0.275. The molecule has 0 unspecified atom stereocenters. The number of ether oxygens (including phenoxy) is 1. The summed E-state index contributed by atoms with van der Waals surface area (Å²) in [5, 5.41) is 2.29. The van der Waals surface area contributed by atoms with Crippen molar-refractivity contribution in [2.45, 2.75) is 20.3 Å². The third kappa shape index (κ3) is 5.93. The second-order valence-corrected chi connectivity index (χ2v) is 2.83. The van der Waals surface area contributed by atoms with Crippen molar-refractivity contribution in [1.82, 2.24) is 5.32 Å². The molecule has 0 saturated heterocycles. The van der Waals surface area contributed by atoms with Gasteiger partial charge < -0.3 is 10.1 Å². The fourth-order valence-corrected chi connectivity index (χ4v) is 0.587. The van der Waals surface area contributed by atoms with Crippen molar-refractivity contribution in [2.75, 3.05) is 6.73 Å². The second-order valence-electron chi connectivity index (χ2n) is 2.83. The minimum absolute atomic E-state index is 0.238. The Balaban J connectivity index is 3.64. The van der Waals surface area contributed by atoms with Gasteiger partial charge in [-0.05, 0) is 13.8 Å². The summed E-state index contributed by atoms with van der Waals surface area (Å²) >= 11 is 0. The van der Waals surface area contributed by atoms with Gasteiger partial charge in [-0.2, -0.15) is 0 Å². The minimum Gasteiger partial charge on any atom is -0.444 e. The second kappa shape index (κ2) is 5.90. The number of rotatable bonds is 5. The SMILES string of the molecule is C=C(C)C(=O)NCOC(=O)CC(C)=O. The number of Topliss-reactive ketones (excluding diaryl/α,β-unsaturated/α-hetero) is 1. The van der Waals surface area contributed by atoms with Crippen LogP contribution in [0.25, 0.3) is 0 Å². The van der Waals surface area contributed by atoms with Gasteiger partial charge in [0.05, 0.1) is 0 Å². The standard InChI is InChI=1S/C9H13NO4/c1-6(2)9(13)10-5-14-8(12)4-7(3)11/h1,4-5H2,2-3H3,(H,10,13). The van der Waals surface area contributed by atoms with E-state index in [1.165, 1.54) is 13.8 Å². The molecule has 78 valence electrons. The summed E-state index contributed by atoms with van der Waals surface area (Å²) in [4.78, 5) is 32.1. The molecule has 0 heterocycles. The molecule has 0 rings (SSSR count). The van der Waals surface area contributed by atoms with Crippen LogP contribution in [0.4, 0.5) is 0 Å². The number of amides is 1. The van der Waals surface area contributed by atoms with E-state index >= 15 is 0 Å². The Kier molecular flexibility index (Phi) is 5.21. The monoisotopic (exact) mass is 199 g/mol. The van der Waals surface area contributed by atoms with Crippen molar-refractivity contribution in [3.05, 3.63) is 12.2 Å². The normalized spacial score (nSPS) is 9.00. The summed E-state index contributed by atoms with van der Waals surface area (Å²) in [5.74, 6) is -1.32. The zero-order valence-corrected chi connectivity index (χ0v) is 8.25. The maximum Gasteiger partial charge on any atom is 0.315 e. The topological polar surface area (TPSA) is 72.5 Å². The maximum atomic E-state index is 10.9. The van der Waals surface area contributed by atoms with E-state index in [1.54, 1.807) is 0 Å². The molecule has 0 aliphatic heterocycles. The molecular weight excluding hydrogens is 186 g/mol. The Hall–Kier alpha value is -1.65. The Bertz CT molecular complexity index is 270. The lowest BCUT2D eigenvalue weighted by Gasteiger charge is -2.05. The number of hydrogen-bond donors (Lipinski definition) is 1. The predicted molar refractivity (Wildman–Crippen MR) is 49.2 cm³/mol. The summed E-state index contributed by atoms with van der Waals surface area (Å²) < 4.78 is 4.54. The number of hydrogen-bond acceptors (Lipinski definition) is 4. The minimum atomic E-state index is -0.653. The van der Waals surface area contributed by atoms with Gasteiger partial charge in [0.2, 0.25) is 5.91 Å². The largest absolute Gasteiger partial charge is 0.444 e. The average molecular weight is 199 g/mol. The lowest BCUT2D eigenvalue weighted by molar-refractivity contribution is -0.146. The van der Waals surface area contributed by atoms with Crippen molar-refractivity contribution in [3.8, 4) is 0 Å². The van der Waals surface area contributed by atoms with E-state index in [0.717, 1.165) is 0 Å². The van der Waals surface area contributed by atoms with Crippen molar-refractivity contribution in [1.29, 1.82) is 0 Å². The predicted octanol–water partition coefficient (Wildman–Crippen LogP) is 0.158. The van der Waals surface area contributed by atoms with Gasteiger partial charge in [0.15, 0.2) is 6.73 Å². The van der Waals surface area contributed by atoms with Crippen LogP contribution in [0.3, 0.4) is 0 Å². The van der Waals surface area contributed by atoms with Gasteiger partial charge in [-0.15, -0.1) is 0 Å². The van der Waals surface area contributed by atoms with Crippen LogP contribution >= 0.6 is 0 Å². The summed E-state index contributed by atoms with van der Waals surface area (Å²) in [7, 11) is 0. The van der Waals surface area contributed by atoms with Crippen LogP contribution < -0.4 is 5.32 Å². The Morgan fingerprint density at radius 3 is 2.29 bits per heavy atom. The number of esters is 1. The fourth-order valence-electron chi connectivity index (χ4n) is 0.587. The fraction of sp³-hybridized carbons (Fsp3) is 0.444. The highest BCUT2D eigenvalue weighted by Crippen LogP contribution is 1.88. The van der Waals surface area contributed by atoms with Crippen LogP contribution in [-0.4, -0.2) is 24.4 Å².